The number of benzene rings is 2. The third-order valence-corrected chi connectivity index (χ3v) is 4.91. The monoisotopic (exact) mass is 370 g/mol. The molecule has 1 heterocycles. The van der Waals surface area contributed by atoms with E-state index in [0.717, 1.165) is 15.8 Å². The van der Waals surface area contributed by atoms with Gasteiger partial charge in [-0.05, 0) is 38.1 Å². The molecule has 0 N–H and O–H groups in total. The van der Waals surface area contributed by atoms with Crippen molar-refractivity contribution in [3.8, 4) is 5.75 Å². The number of rotatable bonds is 7. The lowest BCUT2D eigenvalue weighted by atomic mass is 10.2. The van der Waals surface area contributed by atoms with E-state index in [1.54, 1.807) is 0 Å². The van der Waals surface area contributed by atoms with Crippen LogP contribution in [-0.4, -0.2) is 30.3 Å². The van der Waals surface area contributed by atoms with Crippen LogP contribution in [0, 0.1) is 6.92 Å². The first-order chi connectivity index (χ1) is 12.7. The average Bonchev–Trinajstić information content (AvgIpc) is 2.99. The Bertz CT molecular complexity index is 942. The maximum Gasteiger partial charge on any atom is 0.286 e. The van der Waals surface area contributed by atoms with Crippen LogP contribution in [0.5, 0.6) is 5.75 Å². The van der Waals surface area contributed by atoms with Crippen molar-refractivity contribution in [2.75, 3.05) is 19.8 Å². The molecule has 0 atom stereocenters. The Balaban J connectivity index is 1.79. The molecule has 2 aromatic carbocycles. The number of aryl methyl sites for hydroxylation is 1. The first kappa shape index (κ1) is 18.4. The van der Waals surface area contributed by atoms with Crippen LogP contribution in [0.3, 0.4) is 0 Å². The lowest BCUT2D eigenvalue weighted by Crippen LogP contribution is -2.21. The molecule has 0 aliphatic carbocycles. The molecule has 1 aromatic heterocycles. The van der Waals surface area contributed by atoms with E-state index >= 15 is 0 Å². The average molecular weight is 370 g/mol. The van der Waals surface area contributed by atoms with Gasteiger partial charge in [-0.15, -0.1) is 0 Å². The molecule has 0 aliphatic rings. The maximum atomic E-state index is 12.3. The van der Waals surface area contributed by atoms with Gasteiger partial charge < -0.3 is 14.0 Å². The Labute approximate surface area is 156 Å². The summed E-state index contributed by atoms with van der Waals surface area (Å²) in [6, 6.07) is 15.6. The topological polar surface area (TPSA) is 52.8 Å². The van der Waals surface area contributed by atoms with Crippen molar-refractivity contribution >= 4 is 27.5 Å². The van der Waals surface area contributed by atoms with Crippen molar-refractivity contribution < 1.29 is 14.3 Å². The molecule has 3 aromatic rings. The van der Waals surface area contributed by atoms with Crippen molar-refractivity contribution in [3.63, 3.8) is 0 Å². The van der Waals surface area contributed by atoms with Gasteiger partial charge >= 0.3 is 0 Å². The number of carbonyl (C=O) groups is 1. The first-order valence-electron chi connectivity index (χ1n) is 8.60. The van der Waals surface area contributed by atoms with E-state index in [2.05, 4.69) is 4.99 Å². The molecule has 0 bridgehead atoms. The molecule has 5 nitrogen and oxygen atoms in total. The summed E-state index contributed by atoms with van der Waals surface area (Å²) in [6.07, 6.45) is 0. The van der Waals surface area contributed by atoms with Crippen LogP contribution in [-0.2, 0) is 16.1 Å². The lowest BCUT2D eigenvalue weighted by molar-refractivity contribution is -0.120. The number of aromatic nitrogens is 1. The minimum atomic E-state index is -0.303. The Hall–Kier alpha value is -2.44. The van der Waals surface area contributed by atoms with E-state index in [4.69, 9.17) is 9.47 Å². The van der Waals surface area contributed by atoms with Gasteiger partial charge in [0.25, 0.3) is 5.91 Å². The molecule has 136 valence electrons. The molecular formula is C20H22N2O3S. The molecule has 0 unspecified atom stereocenters. The Morgan fingerprint density at radius 3 is 2.69 bits per heavy atom. The Morgan fingerprint density at radius 2 is 1.92 bits per heavy atom. The highest BCUT2D eigenvalue weighted by Crippen LogP contribution is 2.16. The quantitative estimate of drug-likeness (QED) is 0.598. The van der Waals surface area contributed by atoms with Crippen molar-refractivity contribution in [2.24, 2.45) is 4.99 Å². The molecule has 0 aliphatic heterocycles. The number of hydrogen-bond acceptors (Lipinski definition) is 4. The molecular weight excluding hydrogens is 348 g/mol. The summed E-state index contributed by atoms with van der Waals surface area (Å²) in [6.45, 7) is 5.79. The molecule has 0 radical (unpaired) electrons. The van der Waals surface area contributed by atoms with Gasteiger partial charge in [0.15, 0.2) is 11.4 Å². The number of carbonyl (C=O) groups excluding carboxylic acids is 1. The fourth-order valence-electron chi connectivity index (χ4n) is 2.54. The lowest BCUT2D eigenvalue weighted by Gasteiger charge is -2.06. The van der Waals surface area contributed by atoms with E-state index in [0.29, 0.717) is 30.3 Å². The van der Waals surface area contributed by atoms with Crippen LogP contribution in [0.1, 0.15) is 12.5 Å². The van der Waals surface area contributed by atoms with Crippen molar-refractivity contribution in [2.45, 2.75) is 20.4 Å². The molecule has 6 heteroatoms. The van der Waals surface area contributed by atoms with Gasteiger partial charge in [-0.1, -0.05) is 41.2 Å². The first-order valence-corrected chi connectivity index (χ1v) is 9.42. The largest absolute Gasteiger partial charge is 0.484 e. The van der Waals surface area contributed by atoms with Gasteiger partial charge in [-0.25, -0.2) is 0 Å². The normalized spacial score (nSPS) is 11.8. The van der Waals surface area contributed by atoms with Gasteiger partial charge in [0.2, 0.25) is 0 Å². The van der Waals surface area contributed by atoms with Gasteiger partial charge in [0.05, 0.1) is 16.8 Å². The fraction of sp³-hybridized carbons (Fsp3) is 0.300. The minimum Gasteiger partial charge on any atom is -0.484 e. The van der Waals surface area contributed by atoms with Crippen molar-refractivity contribution in [1.29, 1.82) is 0 Å². The number of hydrogen-bond donors (Lipinski definition) is 0. The number of para-hydroxylation sites is 1. The molecule has 26 heavy (non-hydrogen) atoms. The second-order valence-electron chi connectivity index (χ2n) is 5.81. The zero-order valence-electron chi connectivity index (χ0n) is 15.0. The Morgan fingerprint density at radius 1 is 1.15 bits per heavy atom. The van der Waals surface area contributed by atoms with E-state index in [9.17, 15) is 4.79 Å². The zero-order valence-corrected chi connectivity index (χ0v) is 15.8. The van der Waals surface area contributed by atoms with Crippen LogP contribution in [0.2, 0.25) is 0 Å². The summed E-state index contributed by atoms with van der Waals surface area (Å²) in [7, 11) is 0. The summed E-state index contributed by atoms with van der Waals surface area (Å²) < 4.78 is 14.1. The summed E-state index contributed by atoms with van der Waals surface area (Å²) >= 11 is 1.50. The van der Waals surface area contributed by atoms with E-state index < -0.39 is 0 Å². The van der Waals surface area contributed by atoms with Crippen LogP contribution < -0.4 is 9.54 Å². The maximum absolute atomic E-state index is 12.3. The highest BCUT2D eigenvalue weighted by atomic mass is 32.1. The van der Waals surface area contributed by atoms with Crippen LogP contribution in [0.25, 0.3) is 10.2 Å². The van der Waals surface area contributed by atoms with Crippen LogP contribution in [0.15, 0.2) is 53.5 Å². The summed E-state index contributed by atoms with van der Waals surface area (Å²) in [5, 5.41) is 0. The predicted molar refractivity (Wildman–Crippen MR) is 104 cm³/mol. The summed E-state index contributed by atoms with van der Waals surface area (Å²) in [4.78, 5) is 17.2. The van der Waals surface area contributed by atoms with Crippen LogP contribution in [0.4, 0.5) is 0 Å². The van der Waals surface area contributed by atoms with Gasteiger partial charge in [-0.3, -0.25) is 4.79 Å². The SMILES string of the molecule is CCOCCn1c(=NC(=O)COc2ccc(C)cc2)sc2ccccc21. The van der Waals surface area contributed by atoms with Gasteiger partial charge in [0.1, 0.15) is 5.75 Å². The predicted octanol–water partition coefficient (Wildman–Crippen LogP) is 3.55. The van der Waals surface area contributed by atoms with Gasteiger partial charge in [0, 0.05) is 13.2 Å². The number of amides is 1. The molecule has 0 saturated carbocycles. The highest BCUT2D eigenvalue weighted by Gasteiger charge is 2.08. The number of fused-ring (bicyclic) bond motifs is 1. The standard InChI is InChI=1S/C20H22N2O3S/c1-3-24-13-12-22-17-6-4-5-7-18(17)26-20(22)21-19(23)14-25-16-10-8-15(2)9-11-16/h4-11H,3,12-14H2,1-2H3. The Kier molecular flexibility index (Phi) is 6.20. The minimum absolute atomic E-state index is 0.0806. The number of ether oxygens (including phenoxy) is 2. The fourth-order valence-corrected chi connectivity index (χ4v) is 3.61. The molecule has 0 fully saturated rings. The zero-order chi connectivity index (χ0) is 18.4. The molecule has 1 amide bonds. The van der Waals surface area contributed by atoms with E-state index in [-0.39, 0.29) is 12.5 Å². The molecule has 3 rings (SSSR count). The van der Waals surface area contributed by atoms with Crippen LogP contribution >= 0.6 is 11.3 Å². The van der Waals surface area contributed by atoms with E-state index in [1.807, 2.05) is 66.9 Å². The second-order valence-corrected chi connectivity index (χ2v) is 6.82. The van der Waals surface area contributed by atoms with E-state index in [1.165, 1.54) is 11.3 Å². The summed E-state index contributed by atoms with van der Waals surface area (Å²) in [5.74, 6) is 0.363. The van der Waals surface area contributed by atoms with Crippen molar-refractivity contribution in [1.82, 2.24) is 4.57 Å². The van der Waals surface area contributed by atoms with Gasteiger partial charge in [-0.2, -0.15) is 4.99 Å². The third kappa shape index (κ3) is 4.59. The number of thiazole rings is 1. The second kappa shape index (κ2) is 8.78. The van der Waals surface area contributed by atoms with Crippen molar-refractivity contribution in [3.05, 3.63) is 58.9 Å². The third-order valence-electron chi connectivity index (χ3n) is 3.86. The smallest absolute Gasteiger partial charge is 0.286 e. The highest BCUT2D eigenvalue weighted by molar-refractivity contribution is 7.16. The molecule has 0 spiro atoms. The molecule has 0 saturated heterocycles. The summed E-state index contributed by atoms with van der Waals surface area (Å²) in [5.41, 5.74) is 2.21. The number of nitrogens with zero attached hydrogens (tertiary/aromatic N) is 2.